The molecule has 0 aliphatic rings. The molecule has 0 spiro atoms. The lowest BCUT2D eigenvalue weighted by atomic mass is 10.1. The van der Waals surface area contributed by atoms with E-state index < -0.39 is 0 Å². The van der Waals surface area contributed by atoms with E-state index in [9.17, 15) is 0 Å². The minimum atomic E-state index is 0.488. The van der Waals surface area contributed by atoms with Gasteiger partial charge in [0.1, 0.15) is 0 Å². The zero-order valence-electron chi connectivity index (χ0n) is 13.6. The Morgan fingerprint density at radius 1 is 1.33 bits per heavy atom. The summed E-state index contributed by atoms with van der Waals surface area (Å²) < 4.78 is 12.0. The Kier molecular flexibility index (Phi) is 7.83. The lowest BCUT2D eigenvalue weighted by Crippen LogP contribution is -2.24. The Morgan fingerprint density at radius 2 is 2.05 bits per heavy atom. The van der Waals surface area contributed by atoms with Crippen LogP contribution >= 0.6 is 15.9 Å². The molecule has 0 aliphatic heterocycles. The van der Waals surface area contributed by atoms with Crippen LogP contribution in [0.5, 0.6) is 11.5 Å². The second-order valence-electron chi connectivity index (χ2n) is 5.16. The van der Waals surface area contributed by atoms with Gasteiger partial charge < -0.3 is 14.8 Å². The number of methoxy groups -OCH3 is 1. The summed E-state index contributed by atoms with van der Waals surface area (Å²) in [5.41, 5.74) is 2.48. The highest BCUT2D eigenvalue weighted by molar-refractivity contribution is 9.10. The molecule has 118 valence electrons. The smallest absolute Gasteiger partial charge is 0.174 e. The third-order valence-electron chi connectivity index (χ3n) is 3.10. The van der Waals surface area contributed by atoms with E-state index in [4.69, 9.17) is 9.47 Å². The van der Waals surface area contributed by atoms with Gasteiger partial charge in [0, 0.05) is 12.6 Å². The molecule has 0 bridgehead atoms. The fraction of sp³-hybridized carbons (Fsp3) is 0.529. The first kappa shape index (κ1) is 18.1. The van der Waals surface area contributed by atoms with Gasteiger partial charge in [0.25, 0.3) is 0 Å². The minimum absolute atomic E-state index is 0.488. The molecule has 0 atom stereocenters. The van der Waals surface area contributed by atoms with Crippen LogP contribution in [0.3, 0.4) is 0 Å². The van der Waals surface area contributed by atoms with E-state index in [1.807, 2.05) is 13.0 Å². The summed E-state index contributed by atoms with van der Waals surface area (Å²) in [6.07, 6.45) is 3.23. The molecule has 0 radical (unpaired) electrons. The molecule has 0 heterocycles. The van der Waals surface area contributed by atoms with E-state index in [1.54, 1.807) is 7.11 Å². The first-order valence-electron chi connectivity index (χ1n) is 7.44. The predicted octanol–water partition coefficient (Wildman–Crippen LogP) is 4.65. The maximum absolute atomic E-state index is 5.66. The molecule has 0 saturated heterocycles. The number of rotatable bonds is 8. The van der Waals surface area contributed by atoms with Crippen molar-refractivity contribution in [1.82, 2.24) is 5.32 Å². The van der Waals surface area contributed by atoms with Crippen LogP contribution < -0.4 is 14.8 Å². The van der Waals surface area contributed by atoms with Gasteiger partial charge in [-0.2, -0.15) is 0 Å². The summed E-state index contributed by atoms with van der Waals surface area (Å²) in [7, 11) is 1.65. The normalized spacial score (nSPS) is 11.9. The number of halogens is 1. The first-order chi connectivity index (χ1) is 10.0. The van der Waals surface area contributed by atoms with Gasteiger partial charge >= 0.3 is 0 Å². The number of hydrogen-bond acceptors (Lipinski definition) is 3. The molecular weight excluding hydrogens is 330 g/mol. The molecule has 4 heteroatoms. The van der Waals surface area contributed by atoms with Crippen molar-refractivity contribution in [3.8, 4) is 11.5 Å². The van der Waals surface area contributed by atoms with Gasteiger partial charge in [-0.15, -0.1) is 0 Å². The Morgan fingerprint density at radius 3 is 2.57 bits per heavy atom. The molecule has 21 heavy (non-hydrogen) atoms. The van der Waals surface area contributed by atoms with Gasteiger partial charge in [0.05, 0.1) is 18.2 Å². The standard InChI is InChI=1S/C17H26BrNO2/c1-6-13(11-19-12(3)4)8-14-9-15(18)17(20-5)16(10-14)21-7-2/h8-10,12,19H,6-7,11H2,1-5H3. The van der Waals surface area contributed by atoms with Crippen molar-refractivity contribution in [2.75, 3.05) is 20.3 Å². The third-order valence-corrected chi connectivity index (χ3v) is 3.69. The van der Waals surface area contributed by atoms with Crippen LogP contribution in [0.4, 0.5) is 0 Å². The second-order valence-corrected chi connectivity index (χ2v) is 6.01. The van der Waals surface area contributed by atoms with Crippen molar-refractivity contribution in [1.29, 1.82) is 0 Å². The number of ether oxygens (including phenoxy) is 2. The van der Waals surface area contributed by atoms with E-state index >= 15 is 0 Å². The maximum atomic E-state index is 5.66. The molecular formula is C17H26BrNO2. The van der Waals surface area contributed by atoms with Crippen LogP contribution in [-0.2, 0) is 0 Å². The van der Waals surface area contributed by atoms with Crippen LogP contribution in [0, 0.1) is 0 Å². The van der Waals surface area contributed by atoms with Crippen molar-refractivity contribution in [3.63, 3.8) is 0 Å². The largest absolute Gasteiger partial charge is 0.492 e. The third kappa shape index (κ3) is 5.71. The quantitative estimate of drug-likeness (QED) is 0.736. The molecule has 0 saturated carbocycles. The number of benzene rings is 1. The average molecular weight is 356 g/mol. The highest BCUT2D eigenvalue weighted by Gasteiger charge is 2.10. The molecule has 3 nitrogen and oxygen atoms in total. The lowest BCUT2D eigenvalue weighted by Gasteiger charge is -2.14. The Balaban J connectivity index is 3.05. The van der Waals surface area contributed by atoms with Gasteiger partial charge in [-0.1, -0.05) is 32.4 Å². The molecule has 0 fully saturated rings. The van der Waals surface area contributed by atoms with E-state index in [0.29, 0.717) is 12.6 Å². The maximum Gasteiger partial charge on any atom is 0.174 e. The number of nitrogens with one attached hydrogen (secondary N) is 1. The molecule has 0 unspecified atom stereocenters. The van der Waals surface area contributed by atoms with E-state index in [-0.39, 0.29) is 0 Å². The highest BCUT2D eigenvalue weighted by Crippen LogP contribution is 2.37. The van der Waals surface area contributed by atoms with Gasteiger partial charge in [-0.25, -0.2) is 0 Å². The van der Waals surface area contributed by atoms with Gasteiger partial charge in [-0.3, -0.25) is 0 Å². The Hall–Kier alpha value is -1.00. The number of hydrogen-bond donors (Lipinski definition) is 1. The summed E-state index contributed by atoms with van der Waals surface area (Å²) >= 11 is 3.55. The zero-order valence-corrected chi connectivity index (χ0v) is 15.2. The zero-order chi connectivity index (χ0) is 15.8. The molecule has 0 amide bonds. The highest BCUT2D eigenvalue weighted by atomic mass is 79.9. The van der Waals surface area contributed by atoms with Crippen LogP contribution in [0.25, 0.3) is 6.08 Å². The minimum Gasteiger partial charge on any atom is -0.492 e. The Labute approximate surface area is 136 Å². The van der Waals surface area contributed by atoms with E-state index in [1.165, 1.54) is 5.57 Å². The van der Waals surface area contributed by atoms with Crippen molar-refractivity contribution in [3.05, 3.63) is 27.7 Å². The fourth-order valence-electron chi connectivity index (χ4n) is 1.98. The van der Waals surface area contributed by atoms with Crippen LogP contribution in [-0.4, -0.2) is 26.3 Å². The monoisotopic (exact) mass is 355 g/mol. The SMILES string of the molecule is CCOc1cc(C=C(CC)CNC(C)C)cc(Br)c1OC. The van der Waals surface area contributed by atoms with Crippen molar-refractivity contribution in [2.45, 2.75) is 40.2 Å². The molecule has 1 aromatic carbocycles. The predicted molar refractivity (Wildman–Crippen MR) is 93.3 cm³/mol. The summed E-state index contributed by atoms with van der Waals surface area (Å²) in [6, 6.07) is 4.58. The van der Waals surface area contributed by atoms with Crippen LogP contribution in [0.2, 0.25) is 0 Å². The van der Waals surface area contributed by atoms with Crippen LogP contribution in [0.1, 0.15) is 39.7 Å². The fourth-order valence-corrected chi connectivity index (χ4v) is 2.60. The second kappa shape index (κ2) is 9.11. The van der Waals surface area contributed by atoms with Gasteiger partial charge in [0.2, 0.25) is 0 Å². The summed E-state index contributed by atoms with van der Waals surface area (Å²) in [6.45, 7) is 9.98. The molecule has 1 rings (SSSR count). The molecule has 0 aliphatic carbocycles. The van der Waals surface area contributed by atoms with Gasteiger partial charge in [-0.05, 0) is 47.0 Å². The molecule has 1 N–H and O–H groups in total. The van der Waals surface area contributed by atoms with Crippen molar-refractivity contribution < 1.29 is 9.47 Å². The van der Waals surface area contributed by atoms with Crippen molar-refractivity contribution in [2.24, 2.45) is 0 Å². The summed E-state index contributed by atoms with van der Waals surface area (Å²) in [5, 5.41) is 3.46. The molecule has 1 aromatic rings. The summed E-state index contributed by atoms with van der Waals surface area (Å²) in [4.78, 5) is 0. The van der Waals surface area contributed by atoms with Gasteiger partial charge in [0.15, 0.2) is 11.5 Å². The lowest BCUT2D eigenvalue weighted by molar-refractivity contribution is 0.310. The average Bonchev–Trinajstić information content (AvgIpc) is 2.43. The first-order valence-corrected chi connectivity index (χ1v) is 8.24. The molecule has 0 aromatic heterocycles. The summed E-state index contributed by atoms with van der Waals surface area (Å²) in [5.74, 6) is 1.51. The van der Waals surface area contributed by atoms with E-state index in [0.717, 1.165) is 34.5 Å². The van der Waals surface area contributed by atoms with Crippen LogP contribution in [0.15, 0.2) is 22.2 Å². The van der Waals surface area contributed by atoms with E-state index in [2.05, 4.69) is 54.2 Å². The topological polar surface area (TPSA) is 30.5 Å². The Bertz CT molecular complexity index is 484. The van der Waals surface area contributed by atoms with Crippen molar-refractivity contribution >= 4 is 22.0 Å².